The average molecular weight is 265 g/mol. The van der Waals surface area contributed by atoms with Crippen molar-refractivity contribution in [3.05, 3.63) is 77.4 Å². The highest BCUT2D eigenvalue weighted by atomic mass is 16.5. The number of hydrogen-bond donors (Lipinski definition) is 1. The van der Waals surface area contributed by atoms with Gasteiger partial charge in [-0.2, -0.15) is 4.98 Å². The Morgan fingerprint density at radius 3 is 2.45 bits per heavy atom. The first kappa shape index (κ1) is 12.4. The molecule has 0 aliphatic heterocycles. The molecule has 0 aliphatic carbocycles. The maximum atomic E-state index is 5.91. The average Bonchev–Trinajstić information content (AvgIpc) is 2.90. The van der Waals surface area contributed by atoms with Crippen molar-refractivity contribution < 1.29 is 4.52 Å². The van der Waals surface area contributed by atoms with Crippen LogP contribution in [0.25, 0.3) is 0 Å². The number of para-hydroxylation sites is 1. The molecule has 20 heavy (non-hydrogen) atoms. The lowest BCUT2D eigenvalue weighted by Gasteiger charge is -2.00. The fraction of sp³-hybridized carbons (Fsp3) is 0.125. The van der Waals surface area contributed by atoms with Gasteiger partial charge in [-0.3, -0.25) is 0 Å². The predicted octanol–water partition coefficient (Wildman–Crippen LogP) is 2.83. The monoisotopic (exact) mass is 265 g/mol. The van der Waals surface area contributed by atoms with Gasteiger partial charge < -0.3 is 10.3 Å². The van der Waals surface area contributed by atoms with Crippen LogP contribution in [0, 0.1) is 0 Å². The zero-order chi connectivity index (χ0) is 13.8. The van der Waals surface area contributed by atoms with E-state index in [9.17, 15) is 0 Å². The second kappa shape index (κ2) is 5.57. The fourth-order valence-corrected chi connectivity index (χ4v) is 2.07. The first-order chi connectivity index (χ1) is 9.81. The van der Waals surface area contributed by atoms with Gasteiger partial charge in [-0.15, -0.1) is 0 Å². The van der Waals surface area contributed by atoms with E-state index in [4.69, 9.17) is 10.3 Å². The smallest absolute Gasteiger partial charge is 0.231 e. The van der Waals surface area contributed by atoms with Gasteiger partial charge in [-0.25, -0.2) is 0 Å². The quantitative estimate of drug-likeness (QED) is 0.737. The Morgan fingerprint density at radius 2 is 1.65 bits per heavy atom. The summed E-state index contributed by atoms with van der Waals surface area (Å²) in [4.78, 5) is 4.41. The van der Waals surface area contributed by atoms with Crippen LogP contribution in [0.4, 0.5) is 5.69 Å². The third kappa shape index (κ3) is 2.85. The molecule has 1 aromatic heterocycles. The molecule has 3 rings (SSSR count). The van der Waals surface area contributed by atoms with E-state index in [0.29, 0.717) is 24.6 Å². The van der Waals surface area contributed by atoms with Crippen LogP contribution in [0.3, 0.4) is 0 Å². The summed E-state index contributed by atoms with van der Waals surface area (Å²) in [5.41, 5.74) is 8.82. The molecule has 1 heterocycles. The minimum Gasteiger partial charge on any atom is -0.398 e. The van der Waals surface area contributed by atoms with Crippen LogP contribution in [-0.4, -0.2) is 10.1 Å². The Kier molecular flexibility index (Phi) is 3.46. The van der Waals surface area contributed by atoms with Crippen molar-refractivity contribution >= 4 is 5.69 Å². The van der Waals surface area contributed by atoms with Gasteiger partial charge in [-0.05, 0) is 17.2 Å². The molecule has 0 amide bonds. The predicted molar refractivity (Wildman–Crippen MR) is 77.2 cm³/mol. The Bertz CT molecular complexity index is 692. The minimum atomic E-state index is 0.564. The molecule has 2 N–H and O–H groups in total. The number of benzene rings is 2. The topological polar surface area (TPSA) is 64.9 Å². The third-order valence-corrected chi connectivity index (χ3v) is 3.11. The normalized spacial score (nSPS) is 10.6. The Hall–Kier alpha value is -2.62. The van der Waals surface area contributed by atoms with Crippen molar-refractivity contribution in [3.8, 4) is 0 Å². The Labute approximate surface area is 117 Å². The summed E-state index contributed by atoms with van der Waals surface area (Å²) in [5, 5.41) is 4.01. The highest BCUT2D eigenvalue weighted by Crippen LogP contribution is 2.15. The molecule has 0 spiro atoms. The van der Waals surface area contributed by atoms with Gasteiger partial charge in [0, 0.05) is 12.1 Å². The molecular weight excluding hydrogens is 250 g/mol. The minimum absolute atomic E-state index is 0.564. The molecule has 3 aromatic rings. The summed E-state index contributed by atoms with van der Waals surface area (Å²) in [6, 6.07) is 17.8. The first-order valence-electron chi connectivity index (χ1n) is 6.50. The molecule has 0 unspecified atom stereocenters. The van der Waals surface area contributed by atoms with Gasteiger partial charge in [0.1, 0.15) is 0 Å². The Morgan fingerprint density at radius 1 is 0.900 bits per heavy atom. The molecule has 0 aliphatic rings. The van der Waals surface area contributed by atoms with Gasteiger partial charge in [0.05, 0.1) is 6.42 Å². The van der Waals surface area contributed by atoms with Crippen LogP contribution < -0.4 is 5.73 Å². The molecule has 0 radical (unpaired) electrons. The van der Waals surface area contributed by atoms with Crippen molar-refractivity contribution in [1.29, 1.82) is 0 Å². The molecule has 4 heteroatoms. The Balaban J connectivity index is 1.73. The fourth-order valence-electron chi connectivity index (χ4n) is 2.07. The van der Waals surface area contributed by atoms with E-state index in [1.807, 2.05) is 54.6 Å². The number of hydrogen-bond acceptors (Lipinski definition) is 4. The number of anilines is 1. The molecule has 2 aromatic carbocycles. The van der Waals surface area contributed by atoms with Crippen LogP contribution in [0.2, 0.25) is 0 Å². The van der Waals surface area contributed by atoms with Crippen LogP contribution in [0.5, 0.6) is 0 Å². The third-order valence-electron chi connectivity index (χ3n) is 3.11. The number of nitrogen functional groups attached to an aromatic ring is 1. The summed E-state index contributed by atoms with van der Waals surface area (Å²) in [6.45, 7) is 0. The zero-order valence-electron chi connectivity index (χ0n) is 11.0. The molecule has 0 saturated carbocycles. The molecule has 0 bridgehead atoms. The summed E-state index contributed by atoms with van der Waals surface area (Å²) < 4.78 is 5.28. The molecular formula is C16H15N3O. The number of aromatic nitrogens is 2. The molecule has 0 saturated heterocycles. The van der Waals surface area contributed by atoms with Gasteiger partial charge in [-0.1, -0.05) is 53.7 Å². The highest BCUT2D eigenvalue weighted by molar-refractivity contribution is 5.47. The van der Waals surface area contributed by atoms with Crippen molar-refractivity contribution in [2.75, 3.05) is 5.73 Å². The number of nitrogens with two attached hydrogens (primary N) is 1. The molecule has 100 valence electrons. The lowest BCUT2D eigenvalue weighted by molar-refractivity contribution is 0.380. The first-order valence-corrected chi connectivity index (χ1v) is 6.50. The van der Waals surface area contributed by atoms with Crippen molar-refractivity contribution in [2.24, 2.45) is 0 Å². The maximum Gasteiger partial charge on any atom is 0.231 e. The summed E-state index contributed by atoms with van der Waals surface area (Å²) in [7, 11) is 0. The van der Waals surface area contributed by atoms with E-state index >= 15 is 0 Å². The molecule has 0 fully saturated rings. The van der Waals surface area contributed by atoms with Crippen LogP contribution >= 0.6 is 0 Å². The maximum absolute atomic E-state index is 5.91. The summed E-state index contributed by atoms with van der Waals surface area (Å²) in [5.74, 6) is 1.29. The van der Waals surface area contributed by atoms with Crippen LogP contribution in [-0.2, 0) is 12.8 Å². The standard InChI is InChI=1S/C16H15N3O/c17-14-9-5-4-8-13(14)11-16-18-15(19-20-16)10-12-6-2-1-3-7-12/h1-9H,10-11,17H2. The lowest BCUT2D eigenvalue weighted by atomic mass is 10.1. The van der Waals surface area contributed by atoms with E-state index in [2.05, 4.69) is 10.1 Å². The summed E-state index contributed by atoms with van der Waals surface area (Å²) in [6.07, 6.45) is 1.24. The summed E-state index contributed by atoms with van der Waals surface area (Å²) >= 11 is 0. The van der Waals surface area contributed by atoms with Crippen LogP contribution in [0.15, 0.2) is 59.1 Å². The number of rotatable bonds is 4. The van der Waals surface area contributed by atoms with E-state index in [-0.39, 0.29) is 0 Å². The largest absolute Gasteiger partial charge is 0.398 e. The molecule has 0 atom stereocenters. The molecule has 4 nitrogen and oxygen atoms in total. The second-order valence-corrected chi connectivity index (χ2v) is 4.64. The van der Waals surface area contributed by atoms with E-state index in [1.54, 1.807) is 0 Å². The SMILES string of the molecule is Nc1ccccc1Cc1nc(Cc2ccccc2)no1. The highest BCUT2D eigenvalue weighted by Gasteiger charge is 2.09. The zero-order valence-corrected chi connectivity index (χ0v) is 11.0. The van der Waals surface area contributed by atoms with Crippen molar-refractivity contribution in [3.63, 3.8) is 0 Å². The van der Waals surface area contributed by atoms with E-state index in [0.717, 1.165) is 11.3 Å². The second-order valence-electron chi connectivity index (χ2n) is 4.64. The van der Waals surface area contributed by atoms with Gasteiger partial charge in [0.15, 0.2) is 5.82 Å². The van der Waals surface area contributed by atoms with Gasteiger partial charge in [0.25, 0.3) is 0 Å². The van der Waals surface area contributed by atoms with Crippen molar-refractivity contribution in [1.82, 2.24) is 10.1 Å². The van der Waals surface area contributed by atoms with E-state index < -0.39 is 0 Å². The van der Waals surface area contributed by atoms with Crippen molar-refractivity contribution in [2.45, 2.75) is 12.8 Å². The van der Waals surface area contributed by atoms with Gasteiger partial charge in [0.2, 0.25) is 5.89 Å². The van der Waals surface area contributed by atoms with Gasteiger partial charge >= 0.3 is 0 Å². The lowest BCUT2D eigenvalue weighted by Crippen LogP contribution is -1.96. The number of nitrogens with zero attached hydrogens (tertiary/aromatic N) is 2. The van der Waals surface area contributed by atoms with Crippen LogP contribution in [0.1, 0.15) is 22.8 Å². The van der Waals surface area contributed by atoms with E-state index in [1.165, 1.54) is 5.56 Å².